The molecular formula is CHCl3OP. The monoisotopic (exact) mass is 165 g/mol. The molecule has 0 aliphatic carbocycles. The Morgan fingerprint density at radius 1 is 1.17 bits per heavy atom. The maximum absolute atomic E-state index is 7.94. The maximum Gasteiger partial charge on any atom is 0.261 e. The molecule has 0 unspecified atom stereocenters. The van der Waals surface area contributed by atoms with E-state index in [-0.39, 0.29) is 0 Å². The summed E-state index contributed by atoms with van der Waals surface area (Å²) in [7, 11) is 2.28. The van der Waals surface area contributed by atoms with Crippen molar-refractivity contribution >= 4 is 43.9 Å². The summed E-state index contributed by atoms with van der Waals surface area (Å²) in [6, 6.07) is 0. The Kier molecular flexibility index (Phi) is 15.7. The predicted octanol–water partition coefficient (Wildman–Crippen LogP) is 2.73. The molecule has 0 heterocycles. The van der Waals surface area contributed by atoms with Crippen molar-refractivity contribution in [2.75, 3.05) is 0 Å². The summed E-state index contributed by atoms with van der Waals surface area (Å²) in [6.07, 6.45) is 0. The Hall–Kier alpha value is 0.970. The third-order valence-electron chi connectivity index (χ3n) is 0. The SMILES string of the molecule is ClC(Cl)Cl.O=[P]. The summed E-state index contributed by atoms with van der Waals surface area (Å²) in [4.78, 5) is 0. The van der Waals surface area contributed by atoms with E-state index in [4.69, 9.17) is 39.4 Å². The van der Waals surface area contributed by atoms with Crippen LogP contribution in [0, 0.1) is 0 Å². The molecule has 0 atom stereocenters. The van der Waals surface area contributed by atoms with E-state index >= 15 is 0 Å². The van der Waals surface area contributed by atoms with E-state index in [1.54, 1.807) is 0 Å². The van der Waals surface area contributed by atoms with Crippen molar-refractivity contribution in [2.45, 2.75) is 4.30 Å². The van der Waals surface area contributed by atoms with E-state index in [9.17, 15) is 0 Å². The number of halogens is 3. The second-order valence-corrected chi connectivity index (χ2v) is 2.23. The van der Waals surface area contributed by atoms with Crippen molar-refractivity contribution in [1.29, 1.82) is 0 Å². The van der Waals surface area contributed by atoms with E-state index in [1.807, 2.05) is 0 Å². The van der Waals surface area contributed by atoms with Crippen LogP contribution < -0.4 is 0 Å². The van der Waals surface area contributed by atoms with Gasteiger partial charge in [-0.05, 0) is 0 Å². The van der Waals surface area contributed by atoms with Gasteiger partial charge in [0, 0.05) is 0 Å². The zero-order valence-electron chi connectivity index (χ0n) is 2.57. The minimum atomic E-state index is -0.750. The van der Waals surface area contributed by atoms with Crippen LogP contribution in [-0.2, 0) is 4.57 Å². The summed E-state index contributed by atoms with van der Waals surface area (Å²) < 4.78 is 7.19. The van der Waals surface area contributed by atoms with Gasteiger partial charge < -0.3 is 0 Å². The highest BCUT2D eigenvalue weighted by atomic mass is 35.6. The zero-order chi connectivity index (χ0) is 5.58. The van der Waals surface area contributed by atoms with Gasteiger partial charge in [-0.15, -0.1) is 0 Å². The van der Waals surface area contributed by atoms with Crippen LogP contribution >= 0.6 is 43.9 Å². The second-order valence-electron chi connectivity index (χ2n) is 0.247. The number of rotatable bonds is 0. The zero-order valence-corrected chi connectivity index (χ0v) is 5.73. The lowest BCUT2D eigenvalue weighted by Crippen LogP contribution is -1.55. The van der Waals surface area contributed by atoms with Crippen molar-refractivity contribution in [3.05, 3.63) is 0 Å². The molecule has 1 nitrogen and oxygen atoms in total. The van der Waals surface area contributed by atoms with Crippen LogP contribution in [0.15, 0.2) is 0 Å². The van der Waals surface area contributed by atoms with Crippen LogP contribution in [0.4, 0.5) is 0 Å². The van der Waals surface area contributed by atoms with Crippen molar-refractivity contribution in [3.63, 3.8) is 0 Å². The predicted molar refractivity (Wildman–Crippen MR) is 29.0 cm³/mol. The van der Waals surface area contributed by atoms with Crippen LogP contribution in [0.2, 0.25) is 0 Å². The lowest BCUT2D eigenvalue weighted by atomic mass is 11.9. The molecule has 37 valence electrons. The first-order chi connectivity index (χ1) is 2.73. The summed E-state index contributed by atoms with van der Waals surface area (Å²) in [5.74, 6) is 0. The molecule has 0 aliphatic heterocycles. The lowest BCUT2D eigenvalue weighted by molar-refractivity contribution is 0.607. The minimum absolute atomic E-state index is 0.750. The van der Waals surface area contributed by atoms with E-state index in [1.165, 1.54) is 0 Å². The molecule has 0 saturated carbocycles. The molecule has 0 aromatic rings. The fraction of sp³-hybridized carbons (Fsp3) is 1.00. The minimum Gasteiger partial charge on any atom is -0.261 e. The first-order valence-electron chi connectivity index (χ1n) is 0.837. The van der Waals surface area contributed by atoms with Gasteiger partial charge in [0.2, 0.25) is 0 Å². The summed E-state index contributed by atoms with van der Waals surface area (Å²) in [5.41, 5.74) is 0. The van der Waals surface area contributed by atoms with Gasteiger partial charge >= 0.3 is 0 Å². The molecule has 1 radical (unpaired) electrons. The molecule has 0 saturated heterocycles. The third kappa shape index (κ3) is 83.3. The van der Waals surface area contributed by atoms with Crippen LogP contribution in [0.3, 0.4) is 0 Å². The fourth-order valence-corrected chi connectivity index (χ4v) is 0. The van der Waals surface area contributed by atoms with Gasteiger partial charge in [0.25, 0.3) is 9.12 Å². The summed E-state index contributed by atoms with van der Waals surface area (Å²) in [6.45, 7) is 0. The molecule has 0 N–H and O–H groups in total. The normalized spacial score (nSPS) is 6.67. The van der Waals surface area contributed by atoms with E-state index in [0.717, 1.165) is 0 Å². The molecule has 5 heteroatoms. The van der Waals surface area contributed by atoms with Crippen molar-refractivity contribution in [1.82, 2.24) is 0 Å². The second kappa shape index (κ2) is 9.36. The maximum atomic E-state index is 7.94. The Bertz CT molecular complexity index is 22.0. The Morgan fingerprint density at radius 2 is 1.17 bits per heavy atom. The van der Waals surface area contributed by atoms with Gasteiger partial charge in [-0.2, -0.15) is 0 Å². The average Bonchev–Trinajstić information content (AvgIpc) is 1.41. The van der Waals surface area contributed by atoms with Crippen LogP contribution in [0.1, 0.15) is 0 Å². The highest BCUT2D eigenvalue weighted by Gasteiger charge is 1.78. The van der Waals surface area contributed by atoms with Gasteiger partial charge in [0.05, 0.1) is 0 Å². The average molecular weight is 166 g/mol. The third-order valence-corrected chi connectivity index (χ3v) is 0. The highest BCUT2D eigenvalue weighted by molar-refractivity contribution is 7.00. The van der Waals surface area contributed by atoms with E-state index in [2.05, 4.69) is 9.12 Å². The highest BCUT2D eigenvalue weighted by Crippen LogP contribution is 2.03. The first-order valence-corrected chi connectivity index (χ1v) is 2.51. The lowest BCUT2D eigenvalue weighted by Gasteiger charge is -1.69. The summed E-state index contributed by atoms with van der Waals surface area (Å²) >= 11 is 14.4. The smallest absolute Gasteiger partial charge is 0.261 e. The molecule has 0 fully saturated rings. The molecule has 0 amide bonds. The molecule has 0 bridgehead atoms. The summed E-state index contributed by atoms with van der Waals surface area (Å²) in [5, 5.41) is 0. The Morgan fingerprint density at radius 3 is 1.17 bits per heavy atom. The molecule has 0 spiro atoms. The van der Waals surface area contributed by atoms with Crippen LogP contribution in [0.5, 0.6) is 0 Å². The molecule has 0 aliphatic rings. The Labute approximate surface area is 53.2 Å². The first kappa shape index (κ1) is 10.1. The molecule has 0 aromatic heterocycles. The van der Waals surface area contributed by atoms with Gasteiger partial charge in [-0.1, -0.05) is 34.8 Å². The number of hydrogen-bond donors (Lipinski definition) is 0. The van der Waals surface area contributed by atoms with Crippen molar-refractivity contribution in [2.24, 2.45) is 0 Å². The molecular weight excluding hydrogens is 165 g/mol. The van der Waals surface area contributed by atoms with Gasteiger partial charge in [0.1, 0.15) is 0 Å². The van der Waals surface area contributed by atoms with Crippen LogP contribution in [0.25, 0.3) is 0 Å². The van der Waals surface area contributed by atoms with Crippen LogP contribution in [-0.4, -0.2) is 4.30 Å². The number of alkyl halides is 3. The molecule has 0 rings (SSSR count). The van der Waals surface area contributed by atoms with E-state index < -0.39 is 4.30 Å². The largest absolute Gasteiger partial charge is 0.261 e. The van der Waals surface area contributed by atoms with Gasteiger partial charge in [0.15, 0.2) is 4.30 Å². The van der Waals surface area contributed by atoms with Crippen molar-refractivity contribution < 1.29 is 4.57 Å². The Balaban J connectivity index is 0. The number of hydrogen-bond acceptors (Lipinski definition) is 1. The van der Waals surface area contributed by atoms with Crippen molar-refractivity contribution in [3.8, 4) is 0 Å². The van der Waals surface area contributed by atoms with Gasteiger partial charge in [-0.25, -0.2) is 0 Å². The topological polar surface area (TPSA) is 17.1 Å². The van der Waals surface area contributed by atoms with E-state index in [0.29, 0.717) is 0 Å². The quantitative estimate of drug-likeness (QED) is 0.399. The standard InChI is InChI=1S/CHCl3.OP/c2-1(3)4;1-2/h1H;. The molecule has 6 heavy (non-hydrogen) atoms. The van der Waals surface area contributed by atoms with Gasteiger partial charge in [-0.3, -0.25) is 4.57 Å². The fourth-order valence-electron chi connectivity index (χ4n) is 0. The molecule has 0 aromatic carbocycles.